The topological polar surface area (TPSA) is 69.7 Å². The van der Waals surface area contributed by atoms with E-state index in [-0.39, 0.29) is 17.9 Å². The van der Waals surface area contributed by atoms with Crippen molar-refractivity contribution in [1.29, 1.82) is 0 Å². The first-order chi connectivity index (χ1) is 11.2. The van der Waals surface area contributed by atoms with Crippen molar-refractivity contribution in [3.63, 3.8) is 0 Å². The number of carbonyl (C=O) groups is 1. The van der Waals surface area contributed by atoms with E-state index in [2.05, 4.69) is 11.8 Å². The van der Waals surface area contributed by atoms with Crippen LogP contribution in [0, 0.1) is 31.6 Å². The minimum absolute atomic E-state index is 0.0124. The van der Waals surface area contributed by atoms with Gasteiger partial charge in [-0.15, -0.1) is 12.8 Å². The summed E-state index contributed by atoms with van der Waals surface area (Å²) in [6.45, 7) is 3.08. The van der Waals surface area contributed by atoms with Crippen LogP contribution < -0.4 is 0 Å². The van der Waals surface area contributed by atoms with Crippen LogP contribution in [0.25, 0.3) is 0 Å². The van der Waals surface area contributed by atoms with Crippen molar-refractivity contribution < 1.29 is 22.1 Å². The maximum absolute atomic E-state index is 12.0. The van der Waals surface area contributed by atoms with Gasteiger partial charge in [-0.05, 0) is 43.7 Å². The predicted octanol–water partition coefficient (Wildman–Crippen LogP) is 2.44. The van der Waals surface area contributed by atoms with E-state index >= 15 is 0 Å². The van der Waals surface area contributed by atoms with Crippen molar-refractivity contribution in [2.45, 2.75) is 43.6 Å². The zero-order valence-electron chi connectivity index (χ0n) is 13.7. The number of unbranched alkanes of at least 4 members (excludes halogenated alkanes) is 1. The Morgan fingerprint density at radius 3 is 2.25 bits per heavy atom. The lowest BCUT2D eigenvalue weighted by Crippen LogP contribution is -2.31. The SMILES string of the molecule is C#CC(C#C)(CCCCOS(=O)(=O)c1ccc(C)cc1)OC(C)=O. The number of hydrogen-bond acceptors (Lipinski definition) is 5. The Balaban J connectivity index is 2.51. The van der Waals surface area contributed by atoms with Crippen LogP contribution in [0.4, 0.5) is 0 Å². The zero-order valence-corrected chi connectivity index (χ0v) is 14.6. The normalized spacial score (nSPS) is 11.3. The molecule has 24 heavy (non-hydrogen) atoms. The van der Waals surface area contributed by atoms with E-state index in [0.29, 0.717) is 12.8 Å². The molecule has 0 amide bonds. The molecule has 0 heterocycles. The molecule has 0 bridgehead atoms. The Hall–Kier alpha value is -2.28. The first-order valence-electron chi connectivity index (χ1n) is 7.36. The van der Waals surface area contributed by atoms with Crippen molar-refractivity contribution in [3.8, 4) is 24.7 Å². The van der Waals surface area contributed by atoms with E-state index in [1.54, 1.807) is 12.1 Å². The third-order valence-electron chi connectivity index (χ3n) is 3.26. The molecule has 0 N–H and O–H groups in total. The molecule has 1 aromatic rings. The van der Waals surface area contributed by atoms with Crippen LogP contribution >= 0.6 is 0 Å². The van der Waals surface area contributed by atoms with E-state index in [0.717, 1.165) is 5.56 Å². The van der Waals surface area contributed by atoms with Crippen LogP contribution in [0.5, 0.6) is 0 Å². The number of carbonyl (C=O) groups excluding carboxylic acids is 1. The van der Waals surface area contributed by atoms with Gasteiger partial charge in [-0.25, -0.2) is 0 Å². The van der Waals surface area contributed by atoms with E-state index in [1.807, 2.05) is 6.92 Å². The van der Waals surface area contributed by atoms with Gasteiger partial charge >= 0.3 is 5.97 Å². The second-order valence-electron chi connectivity index (χ2n) is 5.26. The van der Waals surface area contributed by atoms with Crippen LogP contribution in [0.15, 0.2) is 29.2 Å². The van der Waals surface area contributed by atoms with Crippen LogP contribution in [0.1, 0.15) is 31.7 Å². The first kappa shape index (κ1) is 19.8. The summed E-state index contributed by atoms with van der Waals surface area (Å²) in [4.78, 5) is 11.2. The molecular weight excluding hydrogens is 328 g/mol. The summed E-state index contributed by atoms with van der Waals surface area (Å²) < 4.78 is 34.0. The second-order valence-corrected chi connectivity index (χ2v) is 6.87. The Morgan fingerprint density at radius 1 is 1.17 bits per heavy atom. The lowest BCUT2D eigenvalue weighted by atomic mass is 9.98. The number of terminal acetylenes is 2. The van der Waals surface area contributed by atoms with Gasteiger partial charge in [0.05, 0.1) is 11.5 Å². The van der Waals surface area contributed by atoms with Gasteiger partial charge < -0.3 is 4.74 Å². The molecule has 0 atom stereocenters. The fraction of sp³-hybridized carbons (Fsp3) is 0.389. The zero-order chi connectivity index (χ0) is 18.2. The number of hydrogen-bond donors (Lipinski definition) is 0. The molecule has 1 rings (SSSR count). The molecule has 0 fully saturated rings. The van der Waals surface area contributed by atoms with Gasteiger partial charge in [0.2, 0.25) is 5.60 Å². The van der Waals surface area contributed by atoms with Gasteiger partial charge in [-0.2, -0.15) is 8.42 Å². The van der Waals surface area contributed by atoms with E-state index in [4.69, 9.17) is 21.8 Å². The van der Waals surface area contributed by atoms with Gasteiger partial charge in [0.15, 0.2) is 0 Å². The second kappa shape index (κ2) is 8.54. The number of benzene rings is 1. The van der Waals surface area contributed by atoms with E-state index < -0.39 is 21.7 Å². The maximum Gasteiger partial charge on any atom is 0.304 e. The molecule has 0 saturated carbocycles. The Labute approximate surface area is 143 Å². The van der Waals surface area contributed by atoms with E-state index in [1.165, 1.54) is 19.1 Å². The van der Waals surface area contributed by atoms with Crippen molar-refractivity contribution in [3.05, 3.63) is 29.8 Å². The highest BCUT2D eigenvalue weighted by Gasteiger charge is 2.28. The standard InChI is InChI=1S/C18H20O5S/c1-5-18(6-2,23-16(4)19)13-7-8-14-22-24(20,21)17-11-9-15(3)10-12-17/h1-2,9-12H,7-8,13-14H2,3-4H3. The third-order valence-corrected chi connectivity index (χ3v) is 4.58. The first-order valence-corrected chi connectivity index (χ1v) is 8.77. The van der Waals surface area contributed by atoms with Crippen LogP contribution in [0.3, 0.4) is 0 Å². The van der Waals surface area contributed by atoms with Crippen LogP contribution in [-0.2, 0) is 23.8 Å². The highest BCUT2D eigenvalue weighted by Crippen LogP contribution is 2.19. The van der Waals surface area contributed by atoms with Gasteiger partial charge in [0.25, 0.3) is 10.1 Å². The molecule has 0 aliphatic carbocycles. The van der Waals surface area contributed by atoms with Crippen molar-refractivity contribution in [2.75, 3.05) is 6.61 Å². The third kappa shape index (κ3) is 5.73. The molecule has 0 aromatic heterocycles. The number of esters is 1. The number of ether oxygens (including phenoxy) is 1. The van der Waals surface area contributed by atoms with Crippen molar-refractivity contribution >= 4 is 16.1 Å². The van der Waals surface area contributed by atoms with Crippen molar-refractivity contribution in [1.82, 2.24) is 0 Å². The summed E-state index contributed by atoms with van der Waals surface area (Å²) in [5, 5.41) is 0. The van der Waals surface area contributed by atoms with Gasteiger partial charge in [-0.1, -0.05) is 17.7 Å². The summed E-state index contributed by atoms with van der Waals surface area (Å²) in [5.41, 5.74) is -0.443. The molecule has 5 nitrogen and oxygen atoms in total. The van der Waals surface area contributed by atoms with Crippen molar-refractivity contribution in [2.24, 2.45) is 0 Å². The van der Waals surface area contributed by atoms with Gasteiger partial charge in [-0.3, -0.25) is 8.98 Å². The largest absolute Gasteiger partial charge is 0.435 e. The fourth-order valence-electron chi connectivity index (χ4n) is 1.96. The molecule has 0 spiro atoms. The number of rotatable bonds is 8. The van der Waals surface area contributed by atoms with Gasteiger partial charge in [0, 0.05) is 13.3 Å². The molecular formula is C18H20O5S. The highest BCUT2D eigenvalue weighted by atomic mass is 32.2. The quantitative estimate of drug-likeness (QED) is 0.312. The summed E-state index contributed by atoms with van der Waals surface area (Å²) in [7, 11) is -3.79. The van der Waals surface area contributed by atoms with Crippen LogP contribution in [0.2, 0.25) is 0 Å². The fourth-order valence-corrected chi connectivity index (χ4v) is 2.90. The molecule has 0 saturated heterocycles. The lowest BCUT2D eigenvalue weighted by molar-refractivity contribution is -0.148. The summed E-state index contributed by atoms with van der Waals surface area (Å²) in [5.74, 6) is 4.03. The molecule has 0 aliphatic heterocycles. The molecule has 0 radical (unpaired) electrons. The summed E-state index contributed by atoms with van der Waals surface area (Å²) >= 11 is 0. The summed E-state index contributed by atoms with van der Waals surface area (Å²) in [6, 6.07) is 6.38. The highest BCUT2D eigenvalue weighted by molar-refractivity contribution is 7.86. The number of aryl methyl sites for hydroxylation is 1. The predicted molar refractivity (Wildman–Crippen MR) is 90.3 cm³/mol. The Kier molecular flexibility index (Phi) is 7.03. The Morgan fingerprint density at radius 2 is 1.75 bits per heavy atom. The summed E-state index contributed by atoms with van der Waals surface area (Å²) in [6.07, 6.45) is 11.8. The van der Waals surface area contributed by atoms with Gasteiger partial charge in [0.1, 0.15) is 0 Å². The maximum atomic E-state index is 12.0. The average molecular weight is 348 g/mol. The van der Waals surface area contributed by atoms with E-state index in [9.17, 15) is 13.2 Å². The molecule has 0 aliphatic rings. The molecule has 6 heteroatoms. The molecule has 0 unspecified atom stereocenters. The molecule has 1 aromatic carbocycles. The smallest absolute Gasteiger partial charge is 0.304 e. The Bertz CT molecular complexity index is 734. The lowest BCUT2D eigenvalue weighted by Gasteiger charge is -2.21. The minimum Gasteiger partial charge on any atom is -0.435 e. The van der Waals surface area contributed by atoms with Crippen LogP contribution in [-0.4, -0.2) is 26.6 Å². The molecule has 128 valence electrons. The monoisotopic (exact) mass is 348 g/mol. The average Bonchev–Trinajstić information content (AvgIpc) is 2.53. The minimum atomic E-state index is -3.79.